The SMILES string of the molecule is CCNc1ccnc(C(=N)N)c1. The maximum absolute atomic E-state index is 7.15. The third-order valence-electron chi connectivity index (χ3n) is 1.42. The van der Waals surface area contributed by atoms with Crippen LogP contribution in [0.2, 0.25) is 0 Å². The van der Waals surface area contributed by atoms with Crippen LogP contribution in [0.1, 0.15) is 12.6 Å². The molecule has 0 aliphatic heterocycles. The Labute approximate surface area is 71.3 Å². The Hall–Kier alpha value is -1.58. The molecular weight excluding hydrogens is 152 g/mol. The number of amidine groups is 1. The van der Waals surface area contributed by atoms with Gasteiger partial charge in [0.2, 0.25) is 0 Å². The predicted molar refractivity (Wildman–Crippen MR) is 49.4 cm³/mol. The lowest BCUT2D eigenvalue weighted by atomic mass is 10.3. The van der Waals surface area contributed by atoms with Gasteiger partial charge < -0.3 is 11.1 Å². The Balaban J connectivity index is 2.88. The molecule has 0 spiro atoms. The fourth-order valence-electron chi connectivity index (χ4n) is 0.892. The van der Waals surface area contributed by atoms with Crippen molar-refractivity contribution >= 4 is 11.5 Å². The highest BCUT2D eigenvalue weighted by molar-refractivity contribution is 5.93. The van der Waals surface area contributed by atoms with Crippen LogP contribution in [0.4, 0.5) is 5.69 Å². The zero-order valence-electron chi connectivity index (χ0n) is 6.96. The third kappa shape index (κ3) is 1.95. The lowest BCUT2D eigenvalue weighted by Gasteiger charge is -2.03. The molecule has 0 bridgehead atoms. The summed E-state index contributed by atoms with van der Waals surface area (Å²) in [6.07, 6.45) is 1.63. The molecule has 0 fully saturated rings. The van der Waals surface area contributed by atoms with E-state index in [2.05, 4.69) is 10.3 Å². The third-order valence-corrected chi connectivity index (χ3v) is 1.42. The number of pyridine rings is 1. The predicted octanol–water partition coefficient (Wildman–Crippen LogP) is 0.797. The summed E-state index contributed by atoms with van der Waals surface area (Å²) < 4.78 is 0. The van der Waals surface area contributed by atoms with Crippen LogP contribution in [0.3, 0.4) is 0 Å². The topological polar surface area (TPSA) is 74.8 Å². The van der Waals surface area contributed by atoms with Gasteiger partial charge in [0, 0.05) is 18.4 Å². The van der Waals surface area contributed by atoms with Gasteiger partial charge in [0.05, 0.1) is 0 Å². The average molecular weight is 164 g/mol. The Morgan fingerprint density at radius 2 is 2.50 bits per heavy atom. The van der Waals surface area contributed by atoms with E-state index >= 15 is 0 Å². The molecule has 4 N–H and O–H groups in total. The summed E-state index contributed by atoms with van der Waals surface area (Å²) in [6.45, 7) is 2.86. The molecule has 0 aliphatic rings. The van der Waals surface area contributed by atoms with Gasteiger partial charge in [0.25, 0.3) is 0 Å². The van der Waals surface area contributed by atoms with Gasteiger partial charge in [-0.15, -0.1) is 0 Å². The van der Waals surface area contributed by atoms with Crippen molar-refractivity contribution in [1.29, 1.82) is 5.41 Å². The molecule has 4 nitrogen and oxygen atoms in total. The van der Waals surface area contributed by atoms with E-state index in [0.717, 1.165) is 12.2 Å². The van der Waals surface area contributed by atoms with E-state index in [0.29, 0.717) is 5.69 Å². The van der Waals surface area contributed by atoms with Crippen molar-refractivity contribution in [3.63, 3.8) is 0 Å². The average Bonchev–Trinajstić information content (AvgIpc) is 2.05. The number of hydrogen-bond donors (Lipinski definition) is 3. The van der Waals surface area contributed by atoms with Gasteiger partial charge in [-0.05, 0) is 19.1 Å². The zero-order valence-corrected chi connectivity index (χ0v) is 6.96. The number of aromatic nitrogens is 1. The molecule has 4 heteroatoms. The number of nitrogen functional groups attached to an aromatic ring is 1. The number of hydrogen-bond acceptors (Lipinski definition) is 3. The Morgan fingerprint density at radius 1 is 1.75 bits per heavy atom. The minimum absolute atomic E-state index is 0.00486. The second-order valence-electron chi connectivity index (χ2n) is 2.37. The molecular formula is C8H12N4. The van der Waals surface area contributed by atoms with E-state index in [4.69, 9.17) is 11.1 Å². The monoisotopic (exact) mass is 164 g/mol. The number of nitrogens with one attached hydrogen (secondary N) is 2. The summed E-state index contributed by atoms with van der Waals surface area (Å²) in [5, 5.41) is 10.3. The van der Waals surface area contributed by atoms with Crippen LogP contribution >= 0.6 is 0 Å². The van der Waals surface area contributed by atoms with E-state index < -0.39 is 0 Å². The second kappa shape index (κ2) is 3.71. The van der Waals surface area contributed by atoms with Crippen LogP contribution in [0.25, 0.3) is 0 Å². The Bertz CT molecular complexity index is 282. The molecule has 1 aromatic heterocycles. The van der Waals surface area contributed by atoms with Crippen molar-refractivity contribution < 1.29 is 0 Å². The molecule has 0 aliphatic carbocycles. The normalized spacial score (nSPS) is 9.42. The Morgan fingerprint density at radius 3 is 3.08 bits per heavy atom. The maximum Gasteiger partial charge on any atom is 0.141 e. The molecule has 1 rings (SSSR count). The van der Waals surface area contributed by atoms with E-state index in [1.54, 1.807) is 12.3 Å². The highest BCUT2D eigenvalue weighted by Gasteiger charge is 1.97. The van der Waals surface area contributed by atoms with Crippen LogP contribution in [-0.4, -0.2) is 17.4 Å². The molecule has 0 atom stereocenters. The van der Waals surface area contributed by atoms with Crippen LogP contribution in [0.5, 0.6) is 0 Å². The van der Waals surface area contributed by atoms with E-state index in [1.165, 1.54) is 0 Å². The smallest absolute Gasteiger partial charge is 0.141 e. The first-order valence-electron chi connectivity index (χ1n) is 3.78. The molecule has 1 heterocycles. The van der Waals surface area contributed by atoms with Gasteiger partial charge in [-0.1, -0.05) is 0 Å². The lowest BCUT2D eigenvalue weighted by molar-refractivity contribution is 1.19. The van der Waals surface area contributed by atoms with Crippen molar-refractivity contribution in [2.24, 2.45) is 5.73 Å². The summed E-state index contributed by atoms with van der Waals surface area (Å²) in [7, 11) is 0. The number of anilines is 1. The van der Waals surface area contributed by atoms with Crippen LogP contribution < -0.4 is 11.1 Å². The molecule has 0 saturated carbocycles. The zero-order chi connectivity index (χ0) is 8.97. The lowest BCUT2D eigenvalue weighted by Crippen LogP contribution is -2.13. The van der Waals surface area contributed by atoms with E-state index in [1.807, 2.05) is 13.0 Å². The summed E-state index contributed by atoms with van der Waals surface area (Å²) >= 11 is 0. The van der Waals surface area contributed by atoms with Crippen LogP contribution in [0.15, 0.2) is 18.3 Å². The first-order chi connectivity index (χ1) is 5.74. The van der Waals surface area contributed by atoms with Gasteiger partial charge in [-0.25, -0.2) is 0 Å². The molecule has 1 aromatic rings. The van der Waals surface area contributed by atoms with E-state index in [-0.39, 0.29) is 5.84 Å². The largest absolute Gasteiger partial charge is 0.385 e. The van der Waals surface area contributed by atoms with Gasteiger partial charge in [-0.3, -0.25) is 10.4 Å². The van der Waals surface area contributed by atoms with Gasteiger partial charge in [0.15, 0.2) is 0 Å². The first kappa shape index (κ1) is 8.52. The minimum atomic E-state index is -0.00486. The maximum atomic E-state index is 7.15. The Kier molecular flexibility index (Phi) is 2.63. The molecule has 0 saturated heterocycles. The highest BCUT2D eigenvalue weighted by atomic mass is 14.9. The van der Waals surface area contributed by atoms with Gasteiger partial charge >= 0.3 is 0 Å². The van der Waals surface area contributed by atoms with Crippen molar-refractivity contribution in [3.8, 4) is 0 Å². The number of rotatable bonds is 3. The van der Waals surface area contributed by atoms with Crippen LogP contribution in [0, 0.1) is 5.41 Å². The standard InChI is InChI=1S/C8H12N4/c1-2-11-6-3-4-12-7(5-6)8(9)10/h3-5H,2H2,1H3,(H3,9,10)(H,11,12). The summed E-state index contributed by atoms with van der Waals surface area (Å²) in [6, 6.07) is 3.60. The van der Waals surface area contributed by atoms with Crippen molar-refractivity contribution in [2.75, 3.05) is 11.9 Å². The number of nitrogens with two attached hydrogens (primary N) is 1. The summed E-state index contributed by atoms with van der Waals surface area (Å²) in [4.78, 5) is 3.93. The quantitative estimate of drug-likeness (QED) is 0.457. The van der Waals surface area contributed by atoms with Crippen molar-refractivity contribution in [1.82, 2.24) is 4.98 Å². The molecule has 12 heavy (non-hydrogen) atoms. The summed E-state index contributed by atoms with van der Waals surface area (Å²) in [5.41, 5.74) is 6.72. The van der Waals surface area contributed by atoms with Crippen molar-refractivity contribution in [3.05, 3.63) is 24.0 Å². The second-order valence-corrected chi connectivity index (χ2v) is 2.37. The van der Waals surface area contributed by atoms with E-state index in [9.17, 15) is 0 Å². The van der Waals surface area contributed by atoms with Gasteiger partial charge in [0.1, 0.15) is 11.5 Å². The first-order valence-corrected chi connectivity index (χ1v) is 3.78. The number of nitrogens with zero attached hydrogens (tertiary/aromatic N) is 1. The highest BCUT2D eigenvalue weighted by Crippen LogP contribution is 2.06. The fraction of sp³-hybridized carbons (Fsp3) is 0.250. The molecule has 0 amide bonds. The minimum Gasteiger partial charge on any atom is -0.385 e. The molecule has 0 radical (unpaired) electrons. The molecule has 0 aromatic carbocycles. The molecule has 64 valence electrons. The van der Waals surface area contributed by atoms with Crippen molar-refractivity contribution in [2.45, 2.75) is 6.92 Å². The van der Waals surface area contributed by atoms with Gasteiger partial charge in [-0.2, -0.15) is 0 Å². The molecule has 0 unspecified atom stereocenters. The fourth-order valence-corrected chi connectivity index (χ4v) is 0.892. The summed E-state index contributed by atoms with van der Waals surface area (Å²) in [5.74, 6) is -0.00486. The van der Waals surface area contributed by atoms with Crippen LogP contribution in [-0.2, 0) is 0 Å².